The van der Waals surface area contributed by atoms with E-state index in [1.165, 1.54) is 0 Å². The normalized spacial score (nSPS) is 10.9. The molecule has 0 amide bonds. The van der Waals surface area contributed by atoms with Gasteiger partial charge in [-0.2, -0.15) is 0 Å². The number of rotatable bonds is 6. The highest BCUT2D eigenvalue weighted by molar-refractivity contribution is 6.31. The van der Waals surface area contributed by atoms with Crippen LogP contribution in [0.2, 0.25) is 5.02 Å². The van der Waals surface area contributed by atoms with E-state index < -0.39 is 0 Å². The lowest BCUT2D eigenvalue weighted by atomic mass is 10.2. The number of aromatic amines is 2. The Morgan fingerprint density at radius 3 is 2.67 bits per heavy atom. The molecule has 0 aliphatic rings. The Bertz CT molecular complexity index is 1130. The zero-order chi connectivity index (χ0) is 18.6. The lowest BCUT2D eigenvalue weighted by Crippen LogP contribution is -2.01. The number of hydrogen-bond donors (Lipinski definition) is 3. The van der Waals surface area contributed by atoms with Gasteiger partial charge in [0.1, 0.15) is 12.4 Å². The fraction of sp³-hybridized carbons (Fsp3) is 0.0952. The zero-order valence-corrected chi connectivity index (χ0v) is 15.2. The summed E-state index contributed by atoms with van der Waals surface area (Å²) < 4.78 is 5.87. The predicted molar refractivity (Wildman–Crippen MR) is 108 cm³/mol. The average Bonchev–Trinajstić information content (AvgIpc) is 3.05. The Kier molecular flexibility index (Phi) is 4.85. The quantitative estimate of drug-likeness (QED) is 0.454. The molecular formula is C21H18ClN3O2. The largest absolute Gasteiger partial charge is 0.489 e. The minimum Gasteiger partial charge on any atom is -0.489 e. The second-order valence-corrected chi connectivity index (χ2v) is 6.63. The smallest absolute Gasteiger partial charge is 0.323 e. The van der Waals surface area contributed by atoms with Gasteiger partial charge in [0.15, 0.2) is 0 Å². The number of nitrogens with one attached hydrogen (secondary N) is 3. The van der Waals surface area contributed by atoms with Gasteiger partial charge < -0.3 is 20.0 Å². The lowest BCUT2D eigenvalue weighted by molar-refractivity contribution is 0.306. The van der Waals surface area contributed by atoms with Crippen LogP contribution in [0.1, 0.15) is 11.1 Å². The van der Waals surface area contributed by atoms with Crippen molar-refractivity contribution in [1.29, 1.82) is 0 Å². The predicted octanol–water partition coefficient (Wildman–Crippen LogP) is 4.70. The minimum absolute atomic E-state index is 0.203. The van der Waals surface area contributed by atoms with E-state index in [9.17, 15) is 4.79 Å². The third kappa shape index (κ3) is 4.15. The van der Waals surface area contributed by atoms with Gasteiger partial charge in [-0.3, -0.25) is 0 Å². The second-order valence-electron chi connectivity index (χ2n) is 6.22. The van der Waals surface area contributed by atoms with E-state index in [2.05, 4.69) is 15.3 Å². The summed E-state index contributed by atoms with van der Waals surface area (Å²) in [4.78, 5) is 16.8. The van der Waals surface area contributed by atoms with E-state index in [0.29, 0.717) is 18.2 Å². The molecule has 27 heavy (non-hydrogen) atoms. The van der Waals surface area contributed by atoms with Crippen molar-refractivity contribution in [2.45, 2.75) is 13.2 Å². The summed E-state index contributed by atoms with van der Waals surface area (Å²) in [5.74, 6) is 0.791. The van der Waals surface area contributed by atoms with Gasteiger partial charge in [0.25, 0.3) is 0 Å². The van der Waals surface area contributed by atoms with Crippen molar-refractivity contribution in [2.24, 2.45) is 0 Å². The molecule has 1 aromatic heterocycles. The van der Waals surface area contributed by atoms with Crippen LogP contribution in [-0.2, 0) is 13.2 Å². The molecule has 0 radical (unpaired) electrons. The minimum atomic E-state index is -0.203. The number of aromatic nitrogens is 2. The van der Waals surface area contributed by atoms with Crippen LogP contribution in [0.15, 0.2) is 71.5 Å². The van der Waals surface area contributed by atoms with Crippen LogP contribution in [0.5, 0.6) is 5.75 Å². The maximum absolute atomic E-state index is 11.3. The molecule has 0 bridgehead atoms. The second kappa shape index (κ2) is 7.60. The van der Waals surface area contributed by atoms with Crippen molar-refractivity contribution in [2.75, 3.05) is 5.32 Å². The van der Waals surface area contributed by atoms with Crippen molar-refractivity contribution in [1.82, 2.24) is 9.97 Å². The first-order valence-corrected chi connectivity index (χ1v) is 8.96. The molecule has 0 saturated heterocycles. The first-order valence-electron chi connectivity index (χ1n) is 8.58. The van der Waals surface area contributed by atoms with Gasteiger partial charge in [0.05, 0.1) is 11.0 Å². The highest BCUT2D eigenvalue weighted by atomic mass is 35.5. The maximum Gasteiger partial charge on any atom is 0.323 e. The molecule has 1 heterocycles. The van der Waals surface area contributed by atoms with Crippen molar-refractivity contribution in [3.8, 4) is 5.75 Å². The molecule has 0 atom stereocenters. The van der Waals surface area contributed by atoms with Crippen LogP contribution in [0, 0.1) is 0 Å². The summed E-state index contributed by atoms with van der Waals surface area (Å²) in [7, 11) is 0. The number of anilines is 1. The number of imidazole rings is 1. The molecule has 0 fully saturated rings. The van der Waals surface area contributed by atoms with Crippen LogP contribution in [0.3, 0.4) is 0 Å². The van der Waals surface area contributed by atoms with Crippen molar-refractivity contribution >= 4 is 28.3 Å². The number of hydrogen-bond acceptors (Lipinski definition) is 3. The number of ether oxygens (including phenoxy) is 1. The molecule has 4 aromatic rings. The van der Waals surface area contributed by atoms with E-state index in [-0.39, 0.29) is 5.69 Å². The molecule has 0 saturated carbocycles. The van der Waals surface area contributed by atoms with Crippen molar-refractivity contribution < 1.29 is 4.74 Å². The van der Waals surface area contributed by atoms with Gasteiger partial charge in [-0.05, 0) is 42.0 Å². The van der Waals surface area contributed by atoms with Crippen LogP contribution < -0.4 is 15.7 Å². The zero-order valence-electron chi connectivity index (χ0n) is 14.5. The van der Waals surface area contributed by atoms with Gasteiger partial charge in [-0.15, -0.1) is 0 Å². The standard InChI is InChI=1S/C21H18ClN3O2/c22-18-7-2-1-5-15(18)13-27-17-6-3-4-14(10-17)12-23-16-8-9-19-20(11-16)25-21(26)24-19/h1-11,23H,12-13H2,(H2,24,25,26). The molecule has 0 unspecified atom stereocenters. The van der Waals surface area contributed by atoms with E-state index in [4.69, 9.17) is 16.3 Å². The Labute approximate surface area is 161 Å². The summed E-state index contributed by atoms with van der Waals surface area (Å²) in [6, 6.07) is 21.3. The Morgan fingerprint density at radius 2 is 1.78 bits per heavy atom. The van der Waals surface area contributed by atoms with E-state index in [1.54, 1.807) is 0 Å². The van der Waals surface area contributed by atoms with Gasteiger partial charge in [-0.1, -0.05) is 41.9 Å². The molecule has 0 aliphatic carbocycles. The summed E-state index contributed by atoms with van der Waals surface area (Å²) in [6.45, 7) is 1.07. The number of H-pyrrole nitrogens is 2. The Hall–Kier alpha value is -3.18. The summed E-state index contributed by atoms with van der Waals surface area (Å²) >= 11 is 6.17. The van der Waals surface area contributed by atoms with E-state index >= 15 is 0 Å². The van der Waals surface area contributed by atoms with E-state index in [0.717, 1.165) is 33.6 Å². The summed E-state index contributed by atoms with van der Waals surface area (Å²) in [5.41, 5.74) is 4.35. The van der Waals surface area contributed by atoms with Crippen LogP contribution in [-0.4, -0.2) is 9.97 Å². The highest BCUT2D eigenvalue weighted by Gasteiger charge is 2.03. The first-order chi connectivity index (χ1) is 13.2. The fourth-order valence-electron chi connectivity index (χ4n) is 2.87. The molecule has 136 valence electrons. The van der Waals surface area contributed by atoms with Gasteiger partial charge in [0, 0.05) is 22.8 Å². The summed E-state index contributed by atoms with van der Waals surface area (Å²) in [5, 5.41) is 4.06. The van der Waals surface area contributed by atoms with Crippen LogP contribution in [0.25, 0.3) is 11.0 Å². The van der Waals surface area contributed by atoms with Gasteiger partial charge >= 0.3 is 5.69 Å². The average molecular weight is 380 g/mol. The van der Waals surface area contributed by atoms with Crippen LogP contribution >= 0.6 is 11.6 Å². The topological polar surface area (TPSA) is 69.9 Å². The molecule has 0 spiro atoms. The lowest BCUT2D eigenvalue weighted by Gasteiger charge is -2.10. The van der Waals surface area contributed by atoms with E-state index in [1.807, 2.05) is 66.7 Å². The van der Waals surface area contributed by atoms with Crippen molar-refractivity contribution in [3.05, 3.63) is 93.4 Å². The highest BCUT2D eigenvalue weighted by Crippen LogP contribution is 2.20. The Balaban J connectivity index is 1.41. The molecule has 6 heteroatoms. The maximum atomic E-state index is 11.3. The Morgan fingerprint density at radius 1 is 0.926 bits per heavy atom. The molecule has 5 nitrogen and oxygen atoms in total. The third-order valence-electron chi connectivity index (χ3n) is 4.26. The number of benzene rings is 3. The molecule has 4 rings (SSSR count). The molecule has 3 N–H and O–H groups in total. The van der Waals surface area contributed by atoms with Gasteiger partial charge in [-0.25, -0.2) is 4.79 Å². The SMILES string of the molecule is O=c1[nH]c2ccc(NCc3cccc(OCc4ccccc4Cl)c3)cc2[nH]1. The molecular weight excluding hydrogens is 362 g/mol. The van der Waals surface area contributed by atoms with Crippen LogP contribution in [0.4, 0.5) is 5.69 Å². The number of halogens is 1. The molecule has 3 aromatic carbocycles. The summed E-state index contributed by atoms with van der Waals surface area (Å²) in [6.07, 6.45) is 0. The fourth-order valence-corrected chi connectivity index (χ4v) is 3.06. The first kappa shape index (κ1) is 17.2. The van der Waals surface area contributed by atoms with Gasteiger partial charge in [0.2, 0.25) is 0 Å². The monoisotopic (exact) mass is 379 g/mol. The number of fused-ring (bicyclic) bond motifs is 1. The van der Waals surface area contributed by atoms with Crippen molar-refractivity contribution in [3.63, 3.8) is 0 Å². The molecule has 0 aliphatic heterocycles. The third-order valence-corrected chi connectivity index (χ3v) is 4.63.